The van der Waals surface area contributed by atoms with Crippen molar-refractivity contribution in [2.24, 2.45) is 0 Å². The smallest absolute Gasteiger partial charge is 0.264 e. The molecule has 1 amide bonds. The molecular formula is C24H24N2O5S. The van der Waals surface area contributed by atoms with Gasteiger partial charge in [0.2, 0.25) is 0 Å². The summed E-state index contributed by atoms with van der Waals surface area (Å²) in [6.45, 7) is 2.91. The van der Waals surface area contributed by atoms with Crippen LogP contribution in [0.4, 0.5) is 5.69 Å². The average Bonchev–Trinajstić information content (AvgIpc) is 2.83. The molecule has 1 heterocycles. The largest absolute Gasteiger partial charge is 0.486 e. The number of carbonyl (C=O) groups is 1. The van der Waals surface area contributed by atoms with Gasteiger partial charge in [0.15, 0.2) is 11.5 Å². The Morgan fingerprint density at radius 2 is 1.59 bits per heavy atom. The molecule has 3 aromatic carbocycles. The van der Waals surface area contributed by atoms with E-state index in [9.17, 15) is 13.2 Å². The van der Waals surface area contributed by atoms with E-state index in [4.69, 9.17) is 9.47 Å². The molecule has 32 heavy (non-hydrogen) atoms. The van der Waals surface area contributed by atoms with Crippen LogP contribution in [0, 0.1) is 0 Å². The molecule has 0 fully saturated rings. The highest BCUT2D eigenvalue weighted by atomic mass is 32.2. The van der Waals surface area contributed by atoms with Gasteiger partial charge in [-0.05, 0) is 61.0 Å². The quantitative estimate of drug-likeness (QED) is 0.615. The van der Waals surface area contributed by atoms with Crippen molar-refractivity contribution in [3.8, 4) is 11.5 Å². The minimum Gasteiger partial charge on any atom is -0.486 e. The standard InChI is InChI=1S/C24H24N2O5S/c1-17(19-10-13-22-23(16-19)31-15-14-30-22)25-24(27)18-8-11-20(12-9-18)26(2)32(28,29)21-6-4-3-5-7-21/h3-13,16-17H,14-15H2,1-2H3,(H,25,27)/t17-/m1/s1. The number of anilines is 1. The SMILES string of the molecule is C[C@@H](NC(=O)c1ccc(N(C)S(=O)(=O)c2ccccc2)cc1)c1ccc2c(c1)OCCO2. The average molecular weight is 453 g/mol. The zero-order chi connectivity index (χ0) is 22.7. The van der Waals surface area contributed by atoms with Crippen LogP contribution >= 0.6 is 0 Å². The molecule has 0 radical (unpaired) electrons. The molecule has 1 aliphatic rings. The van der Waals surface area contributed by atoms with E-state index < -0.39 is 10.0 Å². The van der Waals surface area contributed by atoms with Crippen molar-refractivity contribution in [3.05, 3.63) is 83.9 Å². The van der Waals surface area contributed by atoms with E-state index >= 15 is 0 Å². The lowest BCUT2D eigenvalue weighted by atomic mass is 10.1. The molecular weight excluding hydrogens is 428 g/mol. The minimum atomic E-state index is -3.68. The molecule has 0 spiro atoms. The van der Waals surface area contributed by atoms with Gasteiger partial charge >= 0.3 is 0 Å². The summed E-state index contributed by atoms with van der Waals surface area (Å²) in [6.07, 6.45) is 0. The number of sulfonamides is 1. The molecule has 0 bridgehead atoms. The lowest BCUT2D eigenvalue weighted by Gasteiger charge is -2.21. The van der Waals surface area contributed by atoms with E-state index in [0.717, 1.165) is 5.56 Å². The van der Waals surface area contributed by atoms with Gasteiger partial charge in [0.25, 0.3) is 15.9 Å². The van der Waals surface area contributed by atoms with Crippen molar-refractivity contribution < 1.29 is 22.7 Å². The van der Waals surface area contributed by atoms with Crippen molar-refractivity contribution in [3.63, 3.8) is 0 Å². The number of rotatable bonds is 6. The van der Waals surface area contributed by atoms with Gasteiger partial charge in [0.05, 0.1) is 16.6 Å². The van der Waals surface area contributed by atoms with Crippen molar-refractivity contribution in [2.45, 2.75) is 17.9 Å². The second-order valence-corrected chi connectivity index (χ2v) is 9.40. The van der Waals surface area contributed by atoms with Crippen LogP contribution < -0.4 is 19.1 Å². The maximum Gasteiger partial charge on any atom is 0.264 e. The number of hydrogen-bond donors (Lipinski definition) is 1. The first-order valence-electron chi connectivity index (χ1n) is 10.2. The van der Waals surface area contributed by atoms with E-state index in [1.807, 2.05) is 25.1 Å². The van der Waals surface area contributed by atoms with Gasteiger partial charge in [0.1, 0.15) is 13.2 Å². The Morgan fingerprint density at radius 3 is 2.28 bits per heavy atom. The Balaban J connectivity index is 1.45. The maximum atomic E-state index is 12.8. The highest BCUT2D eigenvalue weighted by Crippen LogP contribution is 2.32. The van der Waals surface area contributed by atoms with Crippen molar-refractivity contribution >= 4 is 21.6 Å². The molecule has 0 aromatic heterocycles. The first-order valence-corrected chi connectivity index (χ1v) is 11.6. The van der Waals surface area contributed by atoms with Crippen LogP contribution in [-0.2, 0) is 10.0 Å². The zero-order valence-electron chi connectivity index (χ0n) is 17.8. The predicted octanol–water partition coefficient (Wildman–Crippen LogP) is 3.77. The summed E-state index contributed by atoms with van der Waals surface area (Å²) in [4.78, 5) is 12.9. The van der Waals surface area contributed by atoms with E-state index in [1.165, 1.54) is 11.4 Å². The van der Waals surface area contributed by atoms with E-state index in [1.54, 1.807) is 54.6 Å². The first kappa shape index (κ1) is 21.7. The molecule has 1 aliphatic heterocycles. The van der Waals surface area contributed by atoms with Crippen LogP contribution in [0.3, 0.4) is 0 Å². The fourth-order valence-electron chi connectivity index (χ4n) is 3.40. The third kappa shape index (κ3) is 4.40. The lowest BCUT2D eigenvalue weighted by Crippen LogP contribution is -2.28. The second-order valence-electron chi connectivity index (χ2n) is 7.43. The van der Waals surface area contributed by atoms with Crippen molar-refractivity contribution in [1.29, 1.82) is 0 Å². The highest BCUT2D eigenvalue weighted by molar-refractivity contribution is 7.92. The van der Waals surface area contributed by atoms with Gasteiger partial charge in [0, 0.05) is 12.6 Å². The topological polar surface area (TPSA) is 84.9 Å². The van der Waals surface area contributed by atoms with Crippen LogP contribution in [-0.4, -0.2) is 34.6 Å². The fourth-order valence-corrected chi connectivity index (χ4v) is 4.62. The Hall–Kier alpha value is -3.52. The van der Waals surface area contributed by atoms with E-state index in [2.05, 4.69) is 5.32 Å². The number of carbonyl (C=O) groups excluding carboxylic acids is 1. The molecule has 7 nitrogen and oxygen atoms in total. The van der Waals surface area contributed by atoms with Crippen LogP contribution in [0.15, 0.2) is 77.7 Å². The summed E-state index contributed by atoms with van der Waals surface area (Å²) < 4.78 is 37.9. The molecule has 166 valence electrons. The Morgan fingerprint density at radius 1 is 0.938 bits per heavy atom. The highest BCUT2D eigenvalue weighted by Gasteiger charge is 2.21. The summed E-state index contributed by atoms with van der Waals surface area (Å²) in [5.74, 6) is 1.11. The molecule has 4 rings (SSSR count). The van der Waals surface area contributed by atoms with Crippen molar-refractivity contribution in [1.82, 2.24) is 5.32 Å². The zero-order valence-corrected chi connectivity index (χ0v) is 18.6. The summed E-state index contributed by atoms with van der Waals surface area (Å²) in [5.41, 5.74) is 1.79. The third-order valence-corrected chi connectivity index (χ3v) is 7.11. The summed E-state index contributed by atoms with van der Waals surface area (Å²) >= 11 is 0. The number of fused-ring (bicyclic) bond motifs is 1. The fraction of sp³-hybridized carbons (Fsp3) is 0.208. The monoisotopic (exact) mass is 452 g/mol. The van der Waals surface area contributed by atoms with Crippen LogP contribution in [0.1, 0.15) is 28.9 Å². The van der Waals surface area contributed by atoms with Gasteiger partial charge < -0.3 is 14.8 Å². The van der Waals surface area contributed by atoms with E-state index in [0.29, 0.717) is 36.0 Å². The Kier molecular flexibility index (Phi) is 6.05. The molecule has 8 heteroatoms. The third-order valence-electron chi connectivity index (χ3n) is 5.31. The molecule has 1 N–H and O–H groups in total. The van der Waals surface area contributed by atoms with Gasteiger partial charge in [-0.1, -0.05) is 24.3 Å². The molecule has 0 saturated heterocycles. The lowest BCUT2D eigenvalue weighted by molar-refractivity contribution is 0.0939. The molecule has 0 unspecified atom stereocenters. The summed E-state index contributed by atoms with van der Waals surface area (Å²) in [6, 6.07) is 20.0. The van der Waals surface area contributed by atoms with E-state index in [-0.39, 0.29) is 16.8 Å². The van der Waals surface area contributed by atoms with Crippen molar-refractivity contribution in [2.75, 3.05) is 24.6 Å². The number of benzene rings is 3. The number of amides is 1. The van der Waals surface area contributed by atoms with Gasteiger partial charge in [-0.3, -0.25) is 9.10 Å². The predicted molar refractivity (Wildman–Crippen MR) is 122 cm³/mol. The van der Waals surface area contributed by atoms with Crippen LogP contribution in [0.5, 0.6) is 11.5 Å². The number of ether oxygens (including phenoxy) is 2. The summed E-state index contributed by atoms with van der Waals surface area (Å²) in [5, 5.41) is 2.96. The van der Waals surface area contributed by atoms with Crippen LogP contribution in [0.25, 0.3) is 0 Å². The minimum absolute atomic E-state index is 0.206. The first-order chi connectivity index (χ1) is 15.4. The number of hydrogen-bond acceptors (Lipinski definition) is 5. The Labute approximate surface area is 187 Å². The van der Waals surface area contributed by atoms with Gasteiger partial charge in [-0.25, -0.2) is 8.42 Å². The number of nitrogens with zero attached hydrogens (tertiary/aromatic N) is 1. The molecule has 0 aliphatic carbocycles. The van der Waals surface area contributed by atoms with Crippen LogP contribution in [0.2, 0.25) is 0 Å². The number of nitrogens with one attached hydrogen (secondary N) is 1. The second kappa shape index (κ2) is 8.92. The van der Waals surface area contributed by atoms with Gasteiger partial charge in [-0.15, -0.1) is 0 Å². The molecule has 1 atom stereocenters. The Bertz CT molecular complexity index is 1210. The summed E-state index contributed by atoms with van der Waals surface area (Å²) in [7, 11) is -2.19. The maximum absolute atomic E-state index is 12.8. The molecule has 0 saturated carbocycles. The normalized spacial score (nSPS) is 13.8. The molecule has 3 aromatic rings. The van der Waals surface area contributed by atoms with Gasteiger partial charge in [-0.2, -0.15) is 0 Å².